The van der Waals surface area contributed by atoms with Crippen LogP contribution in [-0.4, -0.2) is 21.7 Å². The Kier molecular flexibility index (Phi) is 2.74. The number of aryl methyl sites for hydroxylation is 1. The molecule has 1 aliphatic heterocycles. The van der Waals surface area contributed by atoms with E-state index in [4.69, 9.17) is 0 Å². The lowest BCUT2D eigenvalue weighted by Crippen LogP contribution is -2.31. The molecule has 2 aromatic heterocycles. The number of aromatic nitrogens is 2. The molecule has 1 aliphatic rings. The molecule has 0 unspecified atom stereocenters. The summed E-state index contributed by atoms with van der Waals surface area (Å²) in [6.07, 6.45) is 6.28. The summed E-state index contributed by atoms with van der Waals surface area (Å²) in [5.74, 6) is 0. The highest BCUT2D eigenvalue weighted by Gasteiger charge is 2.23. The fraction of sp³-hybridized carbons (Fsp3) is 0.500. The molecule has 3 rings (SSSR count). The third kappa shape index (κ3) is 1.68. The first kappa shape index (κ1) is 11.5. The van der Waals surface area contributed by atoms with Crippen LogP contribution in [0, 0.1) is 0 Å². The van der Waals surface area contributed by atoms with Crippen molar-refractivity contribution in [2.75, 3.05) is 6.54 Å². The van der Waals surface area contributed by atoms with Crippen molar-refractivity contribution in [1.82, 2.24) is 14.5 Å². The molecule has 0 bridgehead atoms. The Balaban J connectivity index is 2.11. The van der Waals surface area contributed by atoms with Gasteiger partial charge in [0.1, 0.15) is 5.52 Å². The molecule has 2 atom stereocenters. The Morgan fingerprint density at radius 2 is 2.17 bits per heavy atom. The van der Waals surface area contributed by atoms with Crippen LogP contribution in [0.3, 0.4) is 0 Å². The number of fused-ring (bicyclic) bond motifs is 1. The Morgan fingerprint density at radius 1 is 1.39 bits per heavy atom. The predicted octanol–water partition coefficient (Wildman–Crippen LogP) is 1.65. The van der Waals surface area contributed by atoms with E-state index in [-0.39, 0.29) is 5.56 Å². The topological polar surface area (TPSA) is 39.0 Å². The normalized spacial score (nSPS) is 21.6. The molecule has 0 saturated carbocycles. The van der Waals surface area contributed by atoms with E-state index in [0.29, 0.717) is 12.1 Å². The van der Waals surface area contributed by atoms with Gasteiger partial charge in [0, 0.05) is 36.9 Å². The summed E-state index contributed by atoms with van der Waals surface area (Å²) in [5, 5.41) is 4.54. The van der Waals surface area contributed by atoms with Crippen LogP contribution in [0.25, 0.3) is 10.9 Å². The number of hydrogen-bond donors (Lipinski definition) is 1. The summed E-state index contributed by atoms with van der Waals surface area (Å²) in [7, 11) is 1.80. The molecule has 0 radical (unpaired) electrons. The maximum atomic E-state index is 12.3. The van der Waals surface area contributed by atoms with Crippen LogP contribution in [0.2, 0.25) is 0 Å². The molecule has 1 saturated heterocycles. The zero-order valence-corrected chi connectivity index (χ0v) is 10.9. The number of rotatable bonds is 2. The number of hydrogen-bond acceptors (Lipinski definition) is 2. The van der Waals surface area contributed by atoms with Gasteiger partial charge in [-0.2, -0.15) is 0 Å². The van der Waals surface area contributed by atoms with E-state index in [9.17, 15) is 4.79 Å². The molecule has 0 spiro atoms. The van der Waals surface area contributed by atoms with Gasteiger partial charge in [-0.05, 0) is 38.4 Å². The summed E-state index contributed by atoms with van der Waals surface area (Å²) in [6, 6.07) is 4.83. The maximum absolute atomic E-state index is 12.3. The van der Waals surface area contributed by atoms with E-state index in [1.54, 1.807) is 11.6 Å². The van der Waals surface area contributed by atoms with Crippen molar-refractivity contribution in [2.24, 2.45) is 7.05 Å². The Morgan fingerprint density at radius 3 is 2.89 bits per heavy atom. The maximum Gasteiger partial charge on any atom is 0.274 e. The highest BCUT2D eigenvalue weighted by atomic mass is 16.1. The van der Waals surface area contributed by atoms with Crippen molar-refractivity contribution in [3.05, 3.63) is 34.9 Å². The van der Waals surface area contributed by atoms with Gasteiger partial charge >= 0.3 is 0 Å². The minimum atomic E-state index is 0.0855. The molecule has 1 N–H and O–H groups in total. The van der Waals surface area contributed by atoms with Gasteiger partial charge in [0.15, 0.2) is 0 Å². The first-order valence-corrected chi connectivity index (χ1v) is 6.58. The molecule has 0 amide bonds. The lowest BCUT2D eigenvalue weighted by Gasteiger charge is -2.22. The third-order valence-corrected chi connectivity index (χ3v) is 4.07. The van der Waals surface area contributed by atoms with Gasteiger partial charge in [-0.15, -0.1) is 0 Å². The molecule has 4 heteroatoms. The average molecular weight is 245 g/mol. The molecular formula is C14H19N3O. The SMILES string of the molecule is C[C@@H]([C@@H]1CCCN1)n1ccc2ccn(C)c(=O)c21. The van der Waals surface area contributed by atoms with Crippen LogP contribution in [0.5, 0.6) is 0 Å². The van der Waals surface area contributed by atoms with Gasteiger partial charge in [-0.3, -0.25) is 4.79 Å². The highest BCUT2D eigenvalue weighted by molar-refractivity contribution is 5.79. The second-order valence-corrected chi connectivity index (χ2v) is 5.20. The predicted molar refractivity (Wildman–Crippen MR) is 72.9 cm³/mol. The van der Waals surface area contributed by atoms with Crippen LogP contribution < -0.4 is 10.9 Å². The minimum absolute atomic E-state index is 0.0855. The van der Waals surface area contributed by atoms with Gasteiger partial charge < -0.3 is 14.5 Å². The molecule has 3 heterocycles. The standard InChI is InChI=1S/C14H19N3O/c1-10(12-4-3-7-15-12)17-9-6-11-5-8-16(2)14(18)13(11)17/h5-6,8-10,12,15H,3-4,7H2,1-2H3/t10-,12-/m0/s1. The Labute approximate surface area is 106 Å². The summed E-state index contributed by atoms with van der Waals surface area (Å²) < 4.78 is 3.77. The monoisotopic (exact) mass is 245 g/mol. The number of pyridine rings is 1. The molecule has 0 aromatic carbocycles. The fourth-order valence-corrected chi connectivity index (χ4v) is 2.91. The van der Waals surface area contributed by atoms with Crippen LogP contribution in [0.1, 0.15) is 25.8 Å². The molecule has 18 heavy (non-hydrogen) atoms. The zero-order chi connectivity index (χ0) is 12.7. The number of nitrogens with one attached hydrogen (secondary N) is 1. The largest absolute Gasteiger partial charge is 0.339 e. The summed E-state index contributed by atoms with van der Waals surface area (Å²) >= 11 is 0. The Hall–Kier alpha value is -1.55. The molecule has 1 fully saturated rings. The minimum Gasteiger partial charge on any atom is -0.339 e. The second-order valence-electron chi connectivity index (χ2n) is 5.20. The van der Waals surface area contributed by atoms with E-state index >= 15 is 0 Å². The Bertz CT molecular complexity index is 619. The van der Waals surface area contributed by atoms with Crippen molar-refractivity contribution in [2.45, 2.75) is 31.8 Å². The molecule has 2 aromatic rings. The van der Waals surface area contributed by atoms with E-state index < -0.39 is 0 Å². The number of nitrogens with zero attached hydrogens (tertiary/aromatic N) is 2. The molecule has 0 aliphatic carbocycles. The lowest BCUT2D eigenvalue weighted by atomic mass is 10.1. The van der Waals surface area contributed by atoms with Gasteiger partial charge in [0.25, 0.3) is 5.56 Å². The fourth-order valence-electron chi connectivity index (χ4n) is 2.91. The van der Waals surface area contributed by atoms with E-state index in [1.165, 1.54) is 12.8 Å². The van der Waals surface area contributed by atoms with Crippen molar-refractivity contribution in [3.63, 3.8) is 0 Å². The highest BCUT2D eigenvalue weighted by Crippen LogP contribution is 2.23. The van der Waals surface area contributed by atoms with Crippen molar-refractivity contribution >= 4 is 10.9 Å². The van der Waals surface area contributed by atoms with Crippen molar-refractivity contribution in [3.8, 4) is 0 Å². The van der Waals surface area contributed by atoms with Gasteiger partial charge in [-0.25, -0.2) is 0 Å². The summed E-state index contributed by atoms with van der Waals surface area (Å²) in [4.78, 5) is 12.3. The van der Waals surface area contributed by atoms with Crippen LogP contribution in [0.4, 0.5) is 0 Å². The molecule has 4 nitrogen and oxygen atoms in total. The quantitative estimate of drug-likeness (QED) is 0.874. The van der Waals surface area contributed by atoms with Crippen LogP contribution >= 0.6 is 0 Å². The first-order valence-electron chi connectivity index (χ1n) is 6.58. The first-order chi connectivity index (χ1) is 8.68. The van der Waals surface area contributed by atoms with E-state index in [0.717, 1.165) is 17.4 Å². The van der Waals surface area contributed by atoms with Gasteiger partial charge in [-0.1, -0.05) is 0 Å². The average Bonchev–Trinajstić information content (AvgIpc) is 3.01. The second kappa shape index (κ2) is 4.28. The zero-order valence-electron chi connectivity index (χ0n) is 10.9. The summed E-state index contributed by atoms with van der Waals surface area (Å²) in [6.45, 7) is 3.28. The van der Waals surface area contributed by atoms with E-state index in [1.807, 2.05) is 24.5 Å². The smallest absolute Gasteiger partial charge is 0.274 e. The molecule has 96 valence electrons. The lowest BCUT2D eigenvalue weighted by molar-refractivity contribution is 0.418. The van der Waals surface area contributed by atoms with Crippen molar-refractivity contribution in [1.29, 1.82) is 0 Å². The van der Waals surface area contributed by atoms with Gasteiger partial charge in [0.2, 0.25) is 0 Å². The third-order valence-electron chi connectivity index (χ3n) is 4.07. The van der Waals surface area contributed by atoms with Crippen molar-refractivity contribution < 1.29 is 0 Å². The van der Waals surface area contributed by atoms with Crippen LogP contribution in [-0.2, 0) is 7.05 Å². The van der Waals surface area contributed by atoms with Gasteiger partial charge in [0.05, 0.1) is 0 Å². The molecular weight excluding hydrogens is 226 g/mol. The van der Waals surface area contributed by atoms with E-state index in [2.05, 4.69) is 16.8 Å². The summed E-state index contributed by atoms with van der Waals surface area (Å²) in [5.41, 5.74) is 0.906. The van der Waals surface area contributed by atoms with Crippen LogP contribution in [0.15, 0.2) is 29.3 Å².